The SMILES string of the molecule is CC(=O)N1CCc2c(c(N3CCCc4cc(-c5cscn5)c(C(F)F)cc43)nn2C2CCN([C@@H]3CCCN(c4ccc(C(=O)NC5CCC(Oc6ccc(C#N)c(Cl)c6)CC5)nn4)C3)CC2)C1. The van der Waals surface area contributed by atoms with Crippen molar-refractivity contribution in [3.8, 4) is 23.1 Å². The number of nitrogens with one attached hydrogen (secondary N) is 1. The number of carbonyl (C=O) groups is 2. The van der Waals surface area contributed by atoms with Gasteiger partial charge in [-0.25, -0.2) is 13.8 Å². The maximum absolute atomic E-state index is 14.7. The highest BCUT2D eigenvalue weighted by Gasteiger charge is 2.36. The minimum atomic E-state index is -2.66. The normalized spacial score (nSPS) is 21.4. The summed E-state index contributed by atoms with van der Waals surface area (Å²) in [7, 11) is 0. The number of ether oxygens (including phenoxy) is 1. The molecule has 14 nitrogen and oxygen atoms in total. The molecule has 1 atom stereocenters. The number of aromatic nitrogens is 5. The van der Waals surface area contributed by atoms with Crippen LogP contribution in [-0.4, -0.2) is 104 Å². The van der Waals surface area contributed by atoms with Crippen molar-refractivity contribution in [1.29, 1.82) is 5.26 Å². The Labute approximate surface area is 397 Å². The molecule has 0 spiro atoms. The number of aryl methyl sites for hydroxylation is 1. The van der Waals surface area contributed by atoms with Gasteiger partial charge in [-0.2, -0.15) is 10.4 Å². The summed E-state index contributed by atoms with van der Waals surface area (Å²) in [5.41, 5.74) is 7.36. The largest absolute Gasteiger partial charge is 0.490 e. The molecule has 0 bridgehead atoms. The molecule has 5 aliphatic rings. The predicted molar refractivity (Wildman–Crippen MR) is 252 cm³/mol. The minimum absolute atomic E-state index is 0.00931. The number of thiazole rings is 1. The lowest BCUT2D eigenvalue weighted by atomic mass is 9.93. The van der Waals surface area contributed by atoms with Crippen LogP contribution in [0.3, 0.4) is 0 Å². The van der Waals surface area contributed by atoms with Gasteiger partial charge in [0.15, 0.2) is 17.3 Å². The lowest BCUT2D eigenvalue weighted by molar-refractivity contribution is -0.129. The fourth-order valence-electron chi connectivity index (χ4n) is 10.8. The number of likely N-dealkylation sites (tertiary alicyclic amines) is 1. The maximum atomic E-state index is 14.7. The summed E-state index contributed by atoms with van der Waals surface area (Å²) in [4.78, 5) is 39.2. The number of benzene rings is 2. The number of nitrogens with zero attached hydrogens (tertiary/aromatic N) is 10. The lowest BCUT2D eigenvalue weighted by Gasteiger charge is -2.43. The number of halogens is 3. The Balaban J connectivity index is 0.769. The first kappa shape index (κ1) is 45.1. The predicted octanol–water partition coefficient (Wildman–Crippen LogP) is 8.67. The van der Waals surface area contributed by atoms with Crippen LogP contribution in [0, 0.1) is 11.3 Å². The Bertz CT molecular complexity index is 2640. The molecule has 7 heterocycles. The third kappa shape index (κ3) is 9.45. The number of hydrogen-bond donors (Lipinski definition) is 1. The Hall–Kier alpha value is -5.70. The van der Waals surface area contributed by atoms with Crippen LogP contribution in [0.1, 0.15) is 116 Å². The summed E-state index contributed by atoms with van der Waals surface area (Å²) in [6.45, 7) is 6.86. The molecule has 1 aliphatic carbocycles. The average Bonchev–Trinajstić information content (AvgIpc) is 4.03. The molecule has 0 radical (unpaired) electrons. The molecule has 5 aromatic rings. The molecule has 3 aromatic heterocycles. The van der Waals surface area contributed by atoms with Crippen molar-refractivity contribution in [2.24, 2.45) is 0 Å². The number of anilines is 3. The van der Waals surface area contributed by atoms with Gasteiger partial charge < -0.3 is 24.8 Å². The van der Waals surface area contributed by atoms with Gasteiger partial charge >= 0.3 is 0 Å². The molecule has 1 saturated carbocycles. The summed E-state index contributed by atoms with van der Waals surface area (Å²) in [5.74, 6) is 1.97. The van der Waals surface area contributed by atoms with Crippen molar-refractivity contribution in [1.82, 2.24) is 40.1 Å². The van der Waals surface area contributed by atoms with E-state index in [1.54, 1.807) is 42.8 Å². The molecule has 3 fully saturated rings. The molecule has 0 unspecified atom stereocenters. The monoisotopic (exact) mass is 949 g/mol. The van der Waals surface area contributed by atoms with Crippen molar-refractivity contribution >= 4 is 52.1 Å². The standard InChI is InChI=1S/C49H54ClF2N11O3S/c1-30(64)60-21-16-44-40(27-60)48(62-18-2-4-31-22-38(43-28-67-29-54-43)39(47(51)52)24-45(31)62)58-63(44)34-14-19-59(20-15-34)35-5-3-17-61(26-35)46-13-12-42(56-57-46)49(65)55-33-7-10-36(11-8-33)66-37-9-6-32(25-53)41(50)23-37/h6,9,12-13,22-24,28-29,33-36,47H,2-5,7-8,10-11,14-21,26-27H2,1H3,(H,55,65)/t33?,35-,36?/m1/s1. The van der Waals surface area contributed by atoms with E-state index in [0.29, 0.717) is 65.4 Å². The first-order valence-electron chi connectivity index (χ1n) is 23.6. The van der Waals surface area contributed by atoms with Crippen LogP contribution in [0.15, 0.2) is 53.4 Å². The molecule has 1 N–H and O–H groups in total. The average molecular weight is 951 g/mol. The summed E-state index contributed by atoms with van der Waals surface area (Å²) in [6.07, 6.45) is 6.77. The maximum Gasteiger partial charge on any atom is 0.272 e. The zero-order valence-corrected chi connectivity index (χ0v) is 39.1. The third-order valence-electron chi connectivity index (χ3n) is 14.4. The van der Waals surface area contributed by atoms with Crippen LogP contribution >= 0.6 is 22.9 Å². The number of amides is 2. The Morgan fingerprint density at radius 1 is 0.940 bits per heavy atom. The first-order valence-corrected chi connectivity index (χ1v) is 24.9. The van der Waals surface area contributed by atoms with Gasteiger partial charge in [-0.3, -0.25) is 19.2 Å². The third-order valence-corrected chi connectivity index (χ3v) is 15.3. The van der Waals surface area contributed by atoms with E-state index in [-0.39, 0.29) is 35.6 Å². The smallest absolute Gasteiger partial charge is 0.272 e. The van der Waals surface area contributed by atoms with E-state index >= 15 is 0 Å². The van der Waals surface area contributed by atoms with Gasteiger partial charge in [0.1, 0.15) is 11.8 Å². The molecule has 2 aromatic carbocycles. The van der Waals surface area contributed by atoms with Crippen molar-refractivity contribution in [3.05, 3.63) is 92.0 Å². The number of fused-ring (bicyclic) bond motifs is 2. The molecule has 18 heteroatoms. The fourth-order valence-corrected chi connectivity index (χ4v) is 11.6. The first-order chi connectivity index (χ1) is 32.6. The van der Waals surface area contributed by atoms with E-state index in [1.165, 1.54) is 11.3 Å². The van der Waals surface area contributed by atoms with Crippen LogP contribution in [0.4, 0.5) is 26.1 Å². The van der Waals surface area contributed by atoms with Crippen molar-refractivity contribution in [2.75, 3.05) is 49.1 Å². The Morgan fingerprint density at radius 2 is 1.78 bits per heavy atom. The number of rotatable bonds is 10. The Kier molecular flexibility index (Phi) is 13.1. The summed E-state index contributed by atoms with van der Waals surface area (Å²) >= 11 is 7.58. The van der Waals surface area contributed by atoms with E-state index in [1.807, 2.05) is 22.4 Å². The lowest BCUT2D eigenvalue weighted by Crippen LogP contribution is -2.51. The van der Waals surface area contributed by atoms with Crippen molar-refractivity contribution in [2.45, 2.75) is 115 Å². The number of carbonyl (C=O) groups excluding carboxylic acids is 2. The van der Waals surface area contributed by atoms with E-state index in [2.05, 4.69) is 45.9 Å². The number of alkyl halides is 2. The zero-order chi connectivity index (χ0) is 46.2. The van der Waals surface area contributed by atoms with E-state index in [9.17, 15) is 18.4 Å². The molecule has 4 aliphatic heterocycles. The van der Waals surface area contributed by atoms with Crippen LogP contribution in [0.5, 0.6) is 5.75 Å². The fraction of sp³-hybridized carbons (Fsp3) is 0.490. The van der Waals surface area contributed by atoms with Crippen LogP contribution in [-0.2, 0) is 24.2 Å². The van der Waals surface area contributed by atoms with Gasteiger partial charge in [-0.05, 0) is 106 Å². The Morgan fingerprint density at radius 3 is 2.49 bits per heavy atom. The number of hydrogen-bond acceptors (Lipinski definition) is 12. The molecule has 350 valence electrons. The van der Waals surface area contributed by atoms with Gasteiger partial charge in [-0.15, -0.1) is 21.5 Å². The van der Waals surface area contributed by atoms with Crippen LogP contribution in [0.25, 0.3) is 11.3 Å². The minimum Gasteiger partial charge on any atom is -0.490 e. The summed E-state index contributed by atoms with van der Waals surface area (Å²) < 4.78 is 37.7. The zero-order valence-electron chi connectivity index (χ0n) is 37.5. The van der Waals surface area contributed by atoms with Gasteiger partial charge in [0.25, 0.3) is 12.3 Å². The van der Waals surface area contributed by atoms with E-state index < -0.39 is 6.43 Å². The number of nitriles is 1. The van der Waals surface area contributed by atoms with Crippen molar-refractivity contribution < 1.29 is 23.1 Å². The molecule has 10 rings (SSSR count). The highest BCUT2D eigenvalue weighted by Crippen LogP contribution is 2.44. The highest BCUT2D eigenvalue weighted by atomic mass is 35.5. The van der Waals surface area contributed by atoms with E-state index in [0.717, 1.165) is 125 Å². The van der Waals surface area contributed by atoms with Crippen molar-refractivity contribution in [3.63, 3.8) is 0 Å². The van der Waals surface area contributed by atoms with Crippen LogP contribution in [0.2, 0.25) is 5.02 Å². The van der Waals surface area contributed by atoms with Crippen LogP contribution < -0.4 is 19.9 Å². The second kappa shape index (κ2) is 19.5. The van der Waals surface area contributed by atoms with Gasteiger partial charge in [0, 0.05) is 104 Å². The summed E-state index contributed by atoms with van der Waals surface area (Å²) in [5, 5.41) is 28.7. The second-order valence-corrected chi connectivity index (χ2v) is 19.6. The highest BCUT2D eigenvalue weighted by molar-refractivity contribution is 7.07. The molecule has 2 saturated heterocycles. The topological polar surface area (TPSA) is 149 Å². The van der Waals surface area contributed by atoms with Gasteiger partial charge in [-0.1, -0.05) is 11.6 Å². The second-order valence-electron chi connectivity index (χ2n) is 18.5. The molecule has 2 amide bonds. The van der Waals surface area contributed by atoms with Gasteiger partial charge in [0.2, 0.25) is 5.91 Å². The quantitative estimate of drug-likeness (QED) is 0.143. The molecule has 67 heavy (non-hydrogen) atoms. The van der Waals surface area contributed by atoms with E-state index in [4.69, 9.17) is 26.7 Å². The molecular weight excluding hydrogens is 896 g/mol. The van der Waals surface area contributed by atoms with Gasteiger partial charge in [0.05, 0.1) is 40.5 Å². The number of piperidine rings is 2. The molecular formula is C49H54ClF2N11O3S. The summed E-state index contributed by atoms with van der Waals surface area (Å²) in [6, 6.07) is 14.9.